The molecular weight excluding hydrogens is 559 g/mol. The second-order valence-corrected chi connectivity index (χ2v) is 10.5. The molecule has 0 aliphatic carbocycles. The molecule has 1 N–H and O–H groups in total. The fourth-order valence-corrected chi connectivity index (χ4v) is 4.83. The van der Waals surface area contributed by atoms with E-state index in [1.54, 1.807) is 24.3 Å². The van der Waals surface area contributed by atoms with Crippen LogP contribution in [0.25, 0.3) is 22.2 Å². The maximum absolute atomic E-state index is 12.7. The first-order valence-electron chi connectivity index (χ1n) is 14.7. The summed E-state index contributed by atoms with van der Waals surface area (Å²) in [6.45, 7) is 1.88. The molecule has 1 aromatic heterocycles. The number of nitrogens with one attached hydrogen (secondary N) is 1. The zero-order valence-corrected chi connectivity index (χ0v) is 24.2. The minimum atomic E-state index is -4.47. The average molecular weight is 596 g/mol. The lowest BCUT2D eigenvalue weighted by molar-refractivity contribution is -0.153. The SMILES string of the molecule is CCCCCCCCCCCc1noc(-c2ccc(NC(=O)C(=O)OCc3ccc(C(F)(F)F)cc3)c3ccccc23)n1. The van der Waals surface area contributed by atoms with Crippen LogP contribution in [0.1, 0.15) is 81.7 Å². The van der Waals surface area contributed by atoms with Gasteiger partial charge in [-0.25, -0.2) is 4.79 Å². The molecule has 10 heteroatoms. The van der Waals surface area contributed by atoms with Gasteiger partial charge in [-0.15, -0.1) is 0 Å². The van der Waals surface area contributed by atoms with Gasteiger partial charge in [-0.3, -0.25) is 4.79 Å². The number of anilines is 1. The van der Waals surface area contributed by atoms with E-state index < -0.39 is 23.6 Å². The van der Waals surface area contributed by atoms with Crippen LogP contribution in [0, 0.1) is 0 Å². The molecule has 1 heterocycles. The molecular formula is C33H36F3N3O4. The molecule has 4 aromatic rings. The first-order valence-corrected chi connectivity index (χ1v) is 14.7. The number of nitrogens with zero attached hydrogens (tertiary/aromatic N) is 2. The number of halogens is 3. The molecule has 0 unspecified atom stereocenters. The number of aromatic nitrogens is 2. The maximum Gasteiger partial charge on any atom is 0.416 e. The quantitative estimate of drug-likeness (QED) is 0.0891. The van der Waals surface area contributed by atoms with E-state index in [4.69, 9.17) is 9.26 Å². The summed E-state index contributed by atoms with van der Waals surface area (Å²) in [5, 5.41) is 8.12. The summed E-state index contributed by atoms with van der Waals surface area (Å²) in [6, 6.07) is 14.8. The van der Waals surface area contributed by atoms with Gasteiger partial charge in [0, 0.05) is 23.1 Å². The molecule has 228 valence electrons. The van der Waals surface area contributed by atoms with Crippen LogP contribution in [-0.4, -0.2) is 22.0 Å². The Hall–Kier alpha value is -4.21. The van der Waals surface area contributed by atoms with Crippen LogP contribution in [0.2, 0.25) is 0 Å². The summed E-state index contributed by atoms with van der Waals surface area (Å²) < 4.78 is 48.8. The molecule has 43 heavy (non-hydrogen) atoms. The minimum absolute atomic E-state index is 0.320. The molecule has 0 aliphatic rings. The molecule has 7 nitrogen and oxygen atoms in total. The third kappa shape index (κ3) is 9.14. The fourth-order valence-electron chi connectivity index (χ4n) is 4.83. The number of ether oxygens (including phenoxy) is 1. The number of hydrogen-bond acceptors (Lipinski definition) is 6. The summed E-state index contributed by atoms with van der Waals surface area (Å²) in [7, 11) is 0. The number of rotatable bonds is 14. The molecule has 0 spiro atoms. The summed E-state index contributed by atoms with van der Waals surface area (Å²) in [4.78, 5) is 29.5. The van der Waals surface area contributed by atoms with Crippen molar-refractivity contribution in [1.29, 1.82) is 0 Å². The number of carbonyl (C=O) groups is 2. The van der Waals surface area contributed by atoms with Gasteiger partial charge in [-0.05, 0) is 41.6 Å². The Balaban J connectivity index is 1.32. The summed E-state index contributed by atoms with van der Waals surface area (Å²) in [5.74, 6) is -1.15. The van der Waals surface area contributed by atoms with E-state index in [-0.39, 0.29) is 6.61 Å². The van der Waals surface area contributed by atoms with Crippen molar-refractivity contribution in [2.45, 2.75) is 83.9 Å². The number of benzene rings is 3. The summed E-state index contributed by atoms with van der Waals surface area (Å²) in [5.41, 5.74) is 0.585. The summed E-state index contributed by atoms with van der Waals surface area (Å²) in [6.07, 6.45) is 7.36. The highest BCUT2D eigenvalue weighted by Crippen LogP contribution is 2.33. The zero-order chi connectivity index (χ0) is 30.7. The predicted molar refractivity (Wildman–Crippen MR) is 158 cm³/mol. The van der Waals surface area contributed by atoms with Crippen molar-refractivity contribution >= 4 is 28.3 Å². The van der Waals surface area contributed by atoms with E-state index in [0.29, 0.717) is 33.9 Å². The van der Waals surface area contributed by atoms with E-state index in [1.807, 2.05) is 12.1 Å². The van der Waals surface area contributed by atoms with Crippen LogP contribution in [0.15, 0.2) is 65.2 Å². The van der Waals surface area contributed by atoms with Crippen molar-refractivity contribution in [2.75, 3.05) is 5.32 Å². The third-order valence-corrected chi connectivity index (χ3v) is 7.21. The first kappa shape index (κ1) is 31.7. The second kappa shape index (κ2) is 15.3. The topological polar surface area (TPSA) is 94.3 Å². The minimum Gasteiger partial charge on any atom is -0.454 e. The molecule has 0 bridgehead atoms. The molecule has 0 saturated heterocycles. The van der Waals surface area contributed by atoms with Gasteiger partial charge in [0.1, 0.15) is 6.61 Å². The second-order valence-electron chi connectivity index (χ2n) is 10.5. The zero-order valence-electron chi connectivity index (χ0n) is 24.2. The standard InChI is InChI=1S/C33H36F3N3O4/c1-2-3-4-5-6-7-8-9-10-15-29-38-31(43-39-29)27-20-21-28(26-14-12-11-13-25(26)27)37-30(40)32(41)42-22-23-16-18-24(19-17-23)33(34,35)36/h11-14,16-21H,2-10,15,22H2,1H3,(H,37,40). The van der Waals surface area contributed by atoms with E-state index >= 15 is 0 Å². The Kier molecular flexibility index (Phi) is 11.3. The van der Waals surface area contributed by atoms with Gasteiger partial charge < -0.3 is 14.6 Å². The first-order chi connectivity index (χ1) is 20.8. The molecule has 0 saturated carbocycles. The number of amides is 1. The van der Waals surface area contributed by atoms with Crippen molar-refractivity contribution in [3.05, 3.63) is 77.6 Å². The van der Waals surface area contributed by atoms with Crippen LogP contribution in [0.5, 0.6) is 0 Å². The highest BCUT2D eigenvalue weighted by molar-refractivity contribution is 6.38. The number of aryl methyl sites for hydroxylation is 1. The van der Waals surface area contributed by atoms with E-state index in [1.165, 1.54) is 57.1 Å². The lowest BCUT2D eigenvalue weighted by Crippen LogP contribution is -2.25. The molecule has 0 atom stereocenters. The lowest BCUT2D eigenvalue weighted by atomic mass is 10.0. The molecule has 0 radical (unpaired) electrons. The van der Waals surface area contributed by atoms with Crippen LogP contribution in [0.3, 0.4) is 0 Å². The Morgan fingerprint density at radius 1 is 0.837 bits per heavy atom. The van der Waals surface area contributed by atoms with Crippen molar-refractivity contribution in [2.24, 2.45) is 0 Å². The van der Waals surface area contributed by atoms with Crippen molar-refractivity contribution < 1.29 is 32.0 Å². The molecule has 0 fully saturated rings. The Bertz CT molecular complexity index is 1500. The number of esters is 1. The van der Waals surface area contributed by atoms with Crippen molar-refractivity contribution in [3.63, 3.8) is 0 Å². The van der Waals surface area contributed by atoms with E-state index in [0.717, 1.165) is 36.8 Å². The molecule has 0 aliphatic heterocycles. The van der Waals surface area contributed by atoms with Crippen LogP contribution < -0.4 is 5.32 Å². The van der Waals surface area contributed by atoms with Gasteiger partial charge in [0.05, 0.1) is 5.56 Å². The Labute approximate surface area is 248 Å². The van der Waals surface area contributed by atoms with Gasteiger partial charge in [-0.2, -0.15) is 18.2 Å². The number of hydrogen-bond donors (Lipinski definition) is 1. The molecule has 4 rings (SSSR count). The third-order valence-electron chi connectivity index (χ3n) is 7.21. The van der Waals surface area contributed by atoms with Gasteiger partial charge in [0.2, 0.25) is 0 Å². The number of fused-ring (bicyclic) bond motifs is 1. The number of alkyl halides is 3. The normalized spacial score (nSPS) is 11.5. The average Bonchev–Trinajstić information content (AvgIpc) is 3.47. The smallest absolute Gasteiger partial charge is 0.416 e. The maximum atomic E-state index is 12.7. The monoisotopic (exact) mass is 595 g/mol. The number of carbonyl (C=O) groups excluding carboxylic acids is 2. The van der Waals surface area contributed by atoms with E-state index in [9.17, 15) is 22.8 Å². The summed E-state index contributed by atoms with van der Waals surface area (Å²) >= 11 is 0. The Morgan fingerprint density at radius 2 is 1.49 bits per heavy atom. The molecule has 1 amide bonds. The van der Waals surface area contributed by atoms with E-state index in [2.05, 4.69) is 22.4 Å². The van der Waals surface area contributed by atoms with Crippen molar-refractivity contribution in [3.8, 4) is 11.5 Å². The van der Waals surface area contributed by atoms with Gasteiger partial charge >= 0.3 is 18.1 Å². The predicted octanol–water partition coefficient (Wildman–Crippen LogP) is 8.66. The van der Waals surface area contributed by atoms with Crippen LogP contribution in [0.4, 0.5) is 18.9 Å². The van der Waals surface area contributed by atoms with Gasteiger partial charge in [0.25, 0.3) is 5.89 Å². The van der Waals surface area contributed by atoms with Crippen LogP contribution >= 0.6 is 0 Å². The highest BCUT2D eigenvalue weighted by Gasteiger charge is 2.30. The number of unbranched alkanes of at least 4 members (excludes halogenated alkanes) is 8. The van der Waals surface area contributed by atoms with Crippen molar-refractivity contribution in [1.82, 2.24) is 10.1 Å². The van der Waals surface area contributed by atoms with Crippen LogP contribution in [-0.2, 0) is 33.5 Å². The Morgan fingerprint density at radius 3 is 2.16 bits per heavy atom. The largest absolute Gasteiger partial charge is 0.454 e. The van der Waals surface area contributed by atoms with Gasteiger partial charge in [0.15, 0.2) is 5.82 Å². The highest BCUT2D eigenvalue weighted by atomic mass is 19.4. The molecule has 3 aromatic carbocycles. The van der Waals surface area contributed by atoms with Gasteiger partial charge in [-0.1, -0.05) is 99.8 Å². The lowest BCUT2D eigenvalue weighted by Gasteiger charge is -2.11. The fraction of sp³-hybridized carbons (Fsp3) is 0.394.